The van der Waals surface area contributed by atoms with Crippen molar-refractivity contribution in [3.63, 3.8) is 0 Å². The molecule has 19 heavy (non-hydrogen) atoms. The first-order valence-electron chi connectivity index (χ1n) is 6.25. The van der Waals surface area contributed by atoms with Crippen LogP contribution in [-0.2, 0) is 9.59 Å². The highest BCUT2D eigenvalue weighted by molar-refractivity contribution is 5.83. The number of amides is 1. The first-order valence-corrected chi connectivity index (χ1v) is 6.25. The van der Waals surface area contributed by atoms with E-state index in [-0.39, 0.29) is 30.7 Å². The fourth-order valence-corrected chi connectivity index (χ4v) is 2.15. The lowest BCUT2D eigenvalue weighted by molar-refractivity contribution is -0.136. The van der Waals surface area contributed by atoms with Gasteiger partial charge in [0.05, 0.1) is 13.5 Å². The highest BCUT2D eigenvalue weighted by Gasteiger charge is 2.43. The van der Waals surface area contributed by atoms with E-state index in [1.165, 1.54) is 0 Å². The number of carbonyl (C=O) groups is 2. The van der Waals surface area contributed by atoms with Crippen LogP contribution in [0.3, 0.4) is 0 Å². The summed E-state index contributed by atoms with van der Waals surface area (Å²) in [5.41, 5.74) is 1.10. The van der Waals surface area contributed by atoms with Gasteiger partial charge in [0.15, 0.2) is 0 Å². The lowest BCUT2D eigenvalue weighted by atomic mass is 10.1. The summed E-state index contributed by atoms with van der Waals surface area (Å²) in [6.07, 6.45) is 0.772. The molecule has 0 aromatic heterocycles. The molecule has 0 bridgehead atoms. The molecule has 2 N–H and O–H groups in total. The Morgan fingerprint density at radius 2 is 2.26 bits per heavy atom. The van der Waals surface area contributed by atoms with Crippen LogP contribution < -0.4 is 10.1 Å². The number of methoxy groups -OCH3 is 1. The normalized spacial score (nSPS) is 20.7. The Morgan fingerprint density at radius 3 is 2.95 bits per heavy atom. The first kappa shape index (κ1) is 13.4. The molecule has 1 fully saturated rings. The van der Waals surface area contributed by atoms with Crippen LogP contribution >= 0.6 is 0 Å². The zero-order valence-corrected chi connectivity index (χ0v) is 10.8. The summed E-state index contributed by atoms with van der Waals surface area (Å²) in [7, 11) is 1.61. The topological polar surface area (TPSA) is 75.6 Å². The van der Waals surface area contributed by atoms with Gasteiger partial charge < -0.3 is 15.2 Å². The lowest BCUT2D eigenvalue weighted by Crippen LogP contribution is -2.27. The summed E-state index contributed by atoms with van der Waals surface area (Å²) in [6, 6.07) is 7.70. The zero-order valence-electron chi connectivity index (χ0n) is 10.8. The monoisotopic (exact) mass is 263 g/mol. The van der Waals surface area contributed by atoms with Crippen molar-refractivity contribution in [2.24, 2.45) is 5.92 Å². The van der Waals surface area contributed by atoms with E-state index in [4.69, 9.17) is 9.84 Å². The Balaban J connectivity index is 1.86. The minimum Gasteiger partial charge on any atom is -0.497 e. The molecule has 1 aromatic rings. The van der Waals surface area contributed by atoms with Gasteiger partial charge in [0.1, 0.15) is 5.75 Å². The number of aliphatic carboxylic acids is 1. The number of carboxylic acid groups (broad SMARTS) is 1. The predicted molar refractivity (Wildman–Crippen MR) is 69.1 cm³/mol. The number of hydrogen-bond donors (Lipinski definition) is 2. The van der Waals surface area contributed by atoms with Gasteiger partial charge in [-0.05, 0) is 30.0 Å². The van der Waals surface area contributed by atoms with E-state index in [1.54, 1.807) is 7.11 Å². The number of carboxylic acids is 1. The SMILES string of the molecule is COc1cccc(C2CC2C(=O)NCCC(=O)O)c1. The van der Waals surface area contributed by atoms with Gasteiger partial charge in [-0.3, -0.25) is 9.59 Å². The van der Waals surface area contributed by atoms with Gasteiger partial charge in [0.25, 0.3) is 0 Å². The highest BCUT2D eigenvalue weighted by Crippen LogP contribution is 2.48. The number of hydrogen-bond acceptors (Lipinski definition) is 3. The van der Waals surface area contributed by atoms with E-state index in [9.17, 15) is 9.59 Å². The average molecular weight is 263 g/mol. The van der Waals surface area contributed by atoms with Gasteiger partial charge in [0.2, 0.25) is 5.91 Å². The maximum atomic E-state index is 11.8. The zero-order chi connectivity index (χ0) is 13.8. The predicted octanol–water partition coefficient (Wildman–Crippen LogP) is 1.39. The Bertz CT molecular complexity index is 486. The minimum absolute atomic E-state index is 0.0394. The summed E-state index contributed by atoms with van der Waals surface area (Å²) >= 11 is 0. The molecule has 0 heterocycles. The molecule has 5 heteroatoms. The van der Waals surface area contributed by atoms with Crippen molar-refractivity contribution in [3.8, 4) is 5.75 Å². The molecule has 102 valence electrons. The third-order valence-corrected chi connectivity index (χ3v) is 3.29. The van der Waals surface area contributed by atoms with E-state index in [2.05, 4.69) is 5.32 Å². The Hall–Kier alpha value is -2.04. The van der Waals surface area contributed by atoms with Crippen molar-refractivity contribution in [1.82, 2.24) is 5.32 Å². The van der Waals surface area contributed by atoms with Crippen LogP contribution in [0.2, 0.25) is 0 Å². The van der Waals surface area contributed by atoms with Crippen LogP contribution in [0.5, 0.6) is 5.75 Å². The van der Waals surface area contributed by atoms with Crippen LogP contribution in [0.25, 0.3) is 0 Å². The molecule has 1 aliphatic carbocycles. The molecule has 0 spiro atoms. The molecule has 1 aliphatic rings. The smallest absolute Gasteiger partial charge is 0.305 e. The minimum atomic E-state index is -0.902. The summed E-state index contributed by atoms with van der Waals surface area (Å²) in [6.45, 7) is 0.190. The fraction of sp³-hybridized carbons (Fsp3) is 0.429. The highest BCUT2D eigenvalue weighted by atomic mass is 16.5. The third-order valence-electron chi connectivity index (χ3n) is 3.29. The van der Waals surface area contributed by atoms with Crippen molar-refractivity contribution in [2.45, 2.75) is 18.8 Å². The fourth-order valence-electron chi connectivity index (χ4n) is 2.15. The van der Waals surface area contributed by atoms with Crippen LogP contribution in [0.15, 0.2) is 24.3 Å². The maximum absolute atomic E-state index is 11.8. The third kappa shape index (κ3) is 3.47. The van der Waals surface area contributed by atoms with Gasteiger partial charge in [-0.2, -0.15) is 0 Å². The van der Waals surface area contributed by atoms with E-state index in [1.807, 2.05) is 24.3 Å². The van der Waals surface area contributed by atoms with Gasteiger partial charge in [-0.15, -0.1) is 0 Å². The molecule has 0 aliphatic heterocycles. The molecule has 1 saturated carbocycles. The Kier molecular flexibility index (Phi) is 4.04. The Labute approximate surface area is 111 Å². The van der Waals surface area contributed by atoms with Crippen LogP contribution in [0.4, 0.5) is 0 Å². The molecule has 1 aromatic carbocycles. The number of benzene rings is 1. The first-order chi connectivity index (χ1) is 9.11. The maximum Gasteiger partial charge on any atom is 0.305 e. The second-order valence-electron chi connectivity index (χ2n) is 4.66. The molecular weight excluding hydrogens is 246 g/mol. The second-order valence-corrected chi connectivity index (χ2v) is 4.66. The molecule has 2 atom stereocenters. The lowest BCUT2D eigenvalue weighted by Gasteiger charge is -2.05. The van der Waals surface area contributed by atoms with Gasteiger partial charge in [-0.1, -0.05) is 12.1 Å². The molecule has 0 saturated heterocycles. The van der Waals surface area contributed by atoms with E-state index >= 15 is 0 Å². The van der Waals surface area contributed by atoms with Crippen molar-refractivity contribution in [1.29, 1.82) is 0 Å². The van der Waals surface area contributed by atoms with Crippen molar-refractivity contribution in [2.75, 3.05) is 13.7 Å². The summed E-state index contributed by atoms with van der Waals surface area (Å²) in [4.78, 5) is 22.1. The number of ether oxygens (including phenoxy) is 1. The summed E-state index contributed by atoms with van der Waals surface area (Å²) in [5.74, 6) is 0.00442. The van der Waals surface area contributed by atoms with Crippen molar-refractivity contribution < 1.29 is 19.4 Å². The average Bonchev–Trinajstić information content (AvgIpc) is 3.18. The number of rotatable bonds is 6. The van der Waals surface area contributed by atoms with Crippen LogP contribution in [-0.4, -0.2) is 30.6 Å². The van der Waals surface area contributed by atoms with Gasteiger partial charge in [-0.25, -0.2) is 0 Å². The second kappa shape index (κ2) is 5.73. The summed E-state index contributed by atoms with van der Waals surface area (Å²) in [5, 5.41) is 11.2. The molecule has 2 rings (SSSR count). The van der Waals surface area contributed by atoms with E-state index in [0.29, 0.717) is 0 Å². The molecular formula is C14H17NO4. The quantitative estimate of drug-likeness (QED) is 0.813. The van der Waals surface area contributed by atoms with E-state index in [0.717, 1.165) is 17.7 Å². The van der Waals surface area contributed by atoms with Gasteiger partial charge in [0, 0.05) is 12.5 Å². The van der Waals surface area contributed by atoms with Crippen molar-refractivity contribution in [3.05, 3.63) is 29.8 Å². The van der Waals surface area contributed by atoms with Crippen LogP contribution in [0, 0.1) is 5.92 Å². The molecule has 1 amide bonds. The molecule has 2 unspecified atom stereocenters. The molecule has 5 nitrogen and oxygen atoms in total. The van der Waals surface area contributed by atoms with Crippen LogP contribution in [0.1, 0.15) is 24.3 Å². The molecule has 0 radical (unpaired) electrons. The number of carbonyl (C=O) groups excluding carboxylic acids is 1. The number of nitrogens with one attached hydrogen (secondary N) is 1. The standard InChI is InChI=1S/C14H17NO4/c1-19-10-4-2-3-9(7-10)11-8-12(11)14(18)15-6-5-13(16)17/h2-4,7,11-12H,5-6,8H2,1H3,(H,15,18)(H,16,17). The summed E-state index contributed by atoms with van der Waals surface area (Å²) < 4.78 is 5.15. The van der Waals surface area contributed by atoms with Crippen molar-refractivity contribution >= 4 is 11.9 Å². The van der Waals surface area contributed by atoms with Gasteiger partial charge >= 0.3 is 5.97 Å². The Morgan fingerprint density at radius 1 is 1.47 bits per heavy atom. The van der Waals surface area contributed by atoms with E-state index < -0.39 is 5.97 Å². The largest absolute Gasteiger partial charge is 0.497 e.